The molecule has 4 rings (SSSR count). The minimum Gasteiger partial charge on any atom is -0.493 e. The number of imide groups is 1. The second-order valence-electron chi connectivity index (χ2n) is 8.81. The van der Waals surface area contributed by atoms with Crippen molar-refractivity contribution in [3.05, 3.63) is 53.1 Å². The zero-order chi connectivity index (χ0) is 25.7. The monoisotopic (exact) mass is 495 g/mol. The van der Waals surface area contributed by atoms with E-state index >= 15 is 0 Å². The minimum atomic E-state index is -0.395. The van der Waals surface area contributed by atoms with E-state index in [1.807, 2.05) is 0 Å². The molecule has 0 aliphatic carbocycles. The number of methoxy groups -OCH3 is 1. The minimum absolute atomic E-state index is 0.131. The molecule has 0 bridgehead atoms. The Balaban J connectivity index is 1.44. The summed E-state index contributed by atoms with van der Waals surface area (Å²) in [7, 11) is 1.57. The highest BCUT2D eigenvalue weighted by Gasteiger charge is 2.38. The number of anilines is 1. The number of carbonyl (C=O) groups is 3. The van der Waals surface area contributed by atoms with Crippen LogP contribution in [0, 0.1) is 0 Å². The van der Waals surface area contributed by atoms with Crippen molar-refractivity contribution in [3.63, 3.8) is 0 Å². The van der Waals surface area contributed by atoms with E-state index in [2.05, 4.69) is 24.1 Å². The molecule has 0 saturated carbocycles. The fraction of sp³-hybridized carbons (Fsp3) is 0.444. The van der Waals surface area contributed by atoms with Gasteiger partial charge in [0.2, 0.25) is 0 Å². The van der Waals surface area contributed by atoms with E-state index < -0.39 is 11.8 Å². The Kier molecular flexibility index (Phi) is 8.22. The molecule has 1 fully saturated rings. The fourth-order valence-corrected chi connectivity index (χ4v) is 4.48. The van der Waals surface area contributed by atoms with Crippen LogP contribution in [0.1, 0.15) is 57.8 Å². The van der Waals surface area contributed by atoms with Crippen molar-refractivity contribution >= 4 is 23.4 Å². The van der Waals surface area contributed by atoms with Crippen molar-refractivity contribution in [1.82, 2.24) is 9.80 Å². The van der Waals surface area contributed by atoms with Gasteiger partial charge < -0.3 is 24.4 Å². The van der Waals surface area contributed by atoms with E-state index in [0.717, 1.165) is 32.5 Å². The van der Waals surface area contributed by atoms with E-state index in [1.54, 1.807) is 31.4 Å². The van der Waals surface area contributed by atoms with Gasteiger partial charge in [0.15, 0.2) is 11.5 Å². The van der Waals surface area contributed by atoms with Crippen LogP contribution < -0.4 is 14.8 Å². The first-order valence-corrected chi connectivity index (χ1v) is 12.4. The topological polar surface area (TPSA) is 97.4 Å². The molecule has 9 nitrogen and oxygen atoms in total. The van der Waals surface area contributed by atoms with Crippen molar-refractivity contribution in [2.24, 2.45) is 0 Å². The van der Waals surface area contributed by atoms with Crippen LogP contribution in [0.25, 0.3) is 0 Å². The fourth-order valence-electron chi connectivity index (χ4n) is 4.48. The van der Waals surface area contributed by atoms with Crippen molar-refractivity contribution in [3.8, 4) is 11.5 Å². The Morgan fingerprint density at radius 3 is 2.56 bits per heavy atom. The summed E-state index contributed by atoms with van der Waals surface area (Å²) in [6, 6.07) is 9.74. The standard InChI is InChI=1S/C27H33N3O6/c1-4-29(5-2)12-14-36-24-16-19(9-11-23(24)34-3)28-25(31)18-8-10-21-22(15-18)27(33)30(26(21)32)17-20-7-6-13-35-20/h8-11,15-16,20H,4-7,12-14,17H2,1-3H3,(H,28,31). The molecule has 2 heterocycles. The zero-order valence-electron chi connectivity index (χ0n) is 21.0. The molecular weight excluding hydrogens is 462 g/mol. The SMILES string of the molecule is CCN(CC)CCOc1cc(NC(=O)c2ccc3c(c2)C(=O)N(CC2CCCO2)C3=O)ccc1OC. The molecule has 2 aromatic rings. The van der Waals surface area contributed by atoms with Crippen molar-refractivity contribution in [2.75, 3.05) is 51.8 Å². The van der Waals surface area contributed by atoms with E-state index in [-0.39, 0.29) is 29.7 Å². The van der Waals surface area contributed by atoms with Gasteiger partial charge in [-0.05, 0) is 56.3 Å². The van der Waals surface area contributed by atoms with Crippen LogP contribution >= 0.6 is 0 Å². The number of ether oxygens (including phenoxy) is 3. The van der Waals surface area contributed by atoms with E-state index in [4.69, 9.17) is 14.2 Å². The summed E-state index contributed by atoms with van der Waals surface area (Å²) in [5, 5.41) is 2.84. The first kappa shape index (κ1) is 25.7. The van der Waals surface area contributed by atoms with Crippen LogP contribution in [0.5, 0.6) is 11.5 Å². The molecule has 1 unspecified atom stereocenters. The van der Waals surface area contributed by atoms with Crippen LogP contribution in [0.15, 0.2) is 36.4 Å². The van der Waals surface area contributed by atoms with Gasteiger partial charge in [0, 0.05) is 30.5 Å². The lowest BCUT2D eigenvalue weighted by Gasteiger charge is -2.19. The number of hydrogen-bond acceptors (Lipinski definition) is 7. The number of benzene rings is 2. The average molecular weight is 496 g/mol. The number of likely N-dealkylation sites (N-methyl/N-ethyl adjacent to an activating group) is 1. The maximum absolute atomic E-state index is 13.0. The number of rotatable bonds is 11. The van der Waals surface area contributed by atoms with Gasteiger partial charge in [-0.2, -0.15) is 0 Å². The highest BCUT2D eigenvalue weighted by Crippen LogP contribution is 2.31. The molecule has 2 aliphatic rings. The van der Waals surface area contributed by atoms with E-state index in [1.165, 1.54) is 17.0 Å². The van der Waals surface area contributed by atoms with Crippen LogP contribution in [-0.2, 0) is 4.74 Å². The first-order valence-electron chi connectivity index (χ1n) is 12.4. The average Bonchev–Trinajstić information content (AvgIpc) is 3.49. The predicted molar refractivity (Wildman–Crippen MR) is 135 cm³/mol. The zero-order valence-corrected chi connectivity index (χ0v) is 21.0. The molecule has 9 heteroatoms. The van der Waals surface area contributed by atoms with Gasteiger partial charge in [0.1, 0.15) is 6.61 Å². The second kappa shape index (κ2) is 11.5. The summed E-state index contributed by atoms with van der Waals surface area (Å²) < 4.78 is 16.9. The molecule has 0 radical (unpaired) electrons. The van der Waals surface area contributed by atoms with Crippen LogP contribution in [0.2, 0.25) is 0 Å². The van der Waals surface area contributed by atoms with Gasteiger partial charge in [-0.3, -0.25) is 19.3 Å². The van der Waals surface area contributed by atoms with Crippen molar-refractivity contribution < 1.29 is 28.6 Å². The number of carbonyl (C=O) groups excluding carboxylic acids is 3. The summed E-state index contributed by atoms with van der Waals surface area (Å²) >= 11 is 0. The summed E-state index contributed by atoms with van der Waals surface area (Å²) in [4.78, 5) is 42.1. The summed E-state index contributed by atoms with van der Waals surface area (Å²) in [5.41, 5.74) is 1.36. The molecule has 36 heavy (non-hydrogen) atoms. The maximum atomic E-state index is 13.0. The molecule has 0 spiro atoms. The Labute approximate surface area is 211 Å². The van der Waals surface area contributed by atoms with Crippen LogP contribution in [0.3, 0.4) is 0 Å². The predicted octanol–water partition coefficient (Wildman–Crippen LogP) is 3.44. The maximum Gasteiger partial charge on any atom is 0.261 e. The number of amides is 3. The molecule has 1 saturated heterocycles. The Morgan fingerprint density at radius 1 is 1.08 bits per heavy atom. The lowest BCUT2D eigenvalue weighted by atomic mass is 10.1. The lowest BCUT2D eigenvalue weighted by molar-refractivity contribution is 0.0475. The normalized spacial score (nSPS) is 17.0. The highest BCUT2D eigenvalue weighted by atomic mass is 16.5. The third kappa shape index (κ3) is 5.52. The van der Waals surface area contributed by atoms with Crippen LogP contribution in [0.4, 0.5) is 5.69 Å². The third-order valence-electron chi connectivity index (χ3n) is 6.62. The number of nitrogens with zero attached hydrogens (tertiary/aromatic N) is 2. The van der Waals surface area contributed by atoms with E-state index in [9.17, 15) is 14.4 Å². The quantitative estimate of drug-likeness (QED) is 0.477. The third-order valence-corrected chi connectivity index (χ3v) is 6.62. The van der Waals surface area contributed by atoms with Crippen LogP contribution in [-0.4, -0.2) is 80.1 Å². The molecule has 0 aromatic heterocycles. The van der Waals surface area contributed by atoms with Gasteiger partial charge in [0.05, 0.1) is 30.9 Å². The smallest absolute Gasteiger partial charge is 0.261 e. The first-order chi connectivity index (χ1) is 17.4. The van der Waals surface area contributed by atoms with E-state index in [0.29, 0.717) is 36.0 Å². The molecule has 1 atom stereocenters. The largest absolute Gasteiger partial charge is 0.493 e. The molecule has 3 amide bonds. The van der Waals surface area contributed by atoms with Crippen molar-refractivity contribution in [2.45, 2.75) is 32.8 Å². The Bertz CT molecular complexity index is 1120. The molecular formula is C27H33N3O6. The Morgan fingerprint density at radius 2 is 1.86 bits per heavy atom. The van der Waals surface area contributed by atoms with Crippen molar-refractivity contribution in [1.29, 1.82) is 0 Å². The molecule has 2 aromatic carbocycles. The molecule has 1 N–H and O–H groups in total. The molecule has 192 valence electrons. The van der Waals surface area contributed by atoms with Gasteiger partial charge in [-0.1, -0.05) is 13.8 Å². The van der Waals surface area contributed by atoms with Gasteiger partial charge in [-0.15, -0.1) is 0 Å². The van der Waals surface area contributed by atoms with Gasteiger partial charge in [0.25, 0.3) is 17.7 Å². The summed E-state index contributed by atoms with van der Waals surface area (Å²) in [6.07, 6.45) is 1.62. The Hall–Kier alpha value is -3.43. The number of nitrogens with one attached hydrogen (secondary N) is 1. The summed E-state index contributed by atoms with van der Waals surface area (Å²) in [6.45, 7) is 8.22. The lowest BCUT2D eigenvalue weighted by Crippen LogP contribution is -2.36. The summed E-state index contributed by atoms with van der Waals surface area (Å²) in [5.74, 6) is -0.0371. The number of fused-ring (bicyclic) bond motifs is 1. The van der Waals surface area contributed by atoms with Gasteiger partial charge in [-0.25, -0.2) is 0 Å². The number of hydrogen-bond donors (Lipinski definition) is 1. The second-order valence-corrected chi connectivity index (χ2v) is 8.81. The van der Waals surface area contributed by atoms with Gasteiger partial charge >= 0.3 is 0 Å². The molecule has 2 aliphatic heterocycles. The highest BCUT2D eigenvalue weighted by molar-refractivity contribution is 6.22.